The van der Waals surface area contributed by atoms with Gasteiger partial charge in [0.05, 0.1) is 24.7 Å². The minimum absolute atomic E-state index is 0.122. The fourth-order valence-electron chi connectivity index (χ4n) is 4.35. The molecule has 1 aromatic rings. The number of hydrazone groups is 1. The normalized spacial score (nSPS) is 28.3. The molecule has 2 aliphatic carbocycles. The van der Waals surface area contributed by atoms with Crippen LogP contribution in [0.4, 0.5) is 0 Å². The summed E-state index contributed by atoms with van der Waals surface area (Å²) >= 11 is 6.08. The summed E-state index contributed by atoms with van der Waals surface area (Å²) in [5.41, 5.74) is 0.451. The van der Waals surface area contributed by atoms with Crippen molar-refractivity contribution in [1.29, 1.82) is 0 Å². The summed E-state index contributed by atoms with van der Waals surface area (Å²) in [6.07, 6.45) is 5.46. The third-order valence-corrected chi connectivity index (χ3v) is 5.89. The highest BCUT2D eigenvalue weighted by atomic mass is 35.5. The van der Waals surface area contributed by atoms with Crippen LogP contribution in [0.2, 0.25) is 5.02 Å². The second kappa shape index (κ2) is 7.63. The molecule has 5 atom stereocenters. The number of carbonyl (C=O) groups excluding carboxylic acids is 3. The van der Waals surface area contributed by atoms with Crippen molar-refractivity contribution in [3.8, 4) is 5.75 Å². The summed E-state index contributed by atoms with van der Waals surface area (Å²) in [6.45, 7) is 3.54. The van der Waals surface area contributed by atoms with Crippen LogP contribution in [0.1, 0.15) is 25.8 Å². The molecule has 0 radical (unpaired) electrons. The van der Waals surface area contributed by atoms with E-state index in [1.54, 1.807) is 32.0 Å². The summed E-state index contributed by atoms with van der Waals surface area (Å²) in [6, 6.07) is 4.81. The quantitative estimate of drug-likeness (QED) is 0.308. The fraction of sp³-hybridized carbons (Fsp3) is 0.429. The van der Waals surface area contributed by atoms with Crippen LogP contribution < -0.4 is 4.74 Å². The Morgan fingerprint density at radius 1 is 1.28 bits per heavy atom. The van der Waals surface area contributed by atoms with Crippen LogP contribution in [0.3, 0.4) is 0 Å². The number of carbonyl (C=O) groups is 3. The van der Waals surface area contributed by atoms with Gasteiger partial charge in [-0.2, -0.15) is 10.1 Å². The van der Waals surface area contributed by atoms with Crippen molar-refractivity contribution in [3.05, 3.63) is 40.9 Å². The van der Waals surface area contributed by atoms with E-state index in [0.29, 0.717) is 16.3 Å². The molecule has 3 aliphatic rings. The summed E-state index contributed by atoms with van der Waals surface area (Å²) in [5, 5.41) is 5.54. The van der Waals surface area contributed by atoms with Gasteiger partial charge in [0.1, 0.15) is 5.75 Å². The molecule has 1 saturated heterocycles. The number of hydrogen-bond donors (Lipinski definition) is 0. The Labute approximate surface area is 173 Å². The Morgan fingerprint density at radius 2 is 1.93 bits per heavy atom. The summed E-state index contributed by atoms with van der Waals surface area (Å²) in [5.74, 6) is -1.06. The Hall–Kier alpha value is -2.67. The molecule has 1 aromatic carbocycles. The van der Waals surface area contributed by atoms with Crippen molar-refractivity contribution >= 4 is 35.6 Å². The molecule has 4 rings (SSSR count). The maximum absolute atomic E-state index is 12.7. The van der Waals surface area contributed by atoms with Crippen molar-refractivity contribution in [3.63, 3.8) is 0 Å². The lowest BCUT2D eigenvalue weighted by Gasteiger charge is -2.16. The van der Waals surface area contributed by atoms with Crippen LogP contribution in [-0.2, 0) is 19.1 Å². The topological polar surface area (TPSA) is 85.3 Å². The van der Waals surface area contributed by atoms with Gasteiger partial charge in [0.15, 0.2) is 6.10 Å². The number of halogens is 1. The minimum Gasteiger partial charge on any atom is -0.478 e. The zero-order valence-electron chi connectivity index (χ0n) is 16.1. The fourth-order valence-corrected chi connectivity index (χ4v) is 4.53. The van der Waals surface area contributed by atoms with Crippen molar-refractivity contribution < 1.29 is 23.9 Å². The molecule has 8 heteroatoms. The number of rotatable bonds is 6. The maximum atomic E-state index is 12.7. The van der Waals surface area contributed by atoms with Gasteiger partial charge in [-0.3, -0.25) is 9.59 Å². The van der Waals surface area contributed by atoms with Crippen LogP contribution >= 0.6 is 11.6 Å². The van der Waals surface area contributed by atoms with E-state index in [-0.39, 0.29) is 42.1 Å². The average molecular weight is 417 g/mol. The Morgan fingerprint density at radius 3 is 2.55 bits per heavy atom. The van der Waals surface area contributed by atoms with Gasteiger partial charge in [-0.1, -0.05) is 23.8 Å². The largest absolute Gasteiger partial charge is 0.478 e. The molecule has 1 aliphatic heterocycles. The molecule has 0 aromatic heterocycles. The molecule has 7 nitrogen and oxygen atoms in total. The third-order valence-electron chi connectivity index (χ3n) is 5.65. The van der Waals surface area contributed by atoms with Crippen LogP contribution in [-0.4, -0.2) is 41.7 Å². The monoisotopic (exact) mass is 416 g/mol. The van der Waals surface area contributed by atoms with Gasteiger partial charge in [-0.25, -0.2) is 4.79 Å². The first kappa shape index (κ1) is 19.6. The number of amides is 2. The predicted molar refractivity (Wildman–Crippen MR) is 105 cm³/mol. The Balaban J connectivity index is 1.54. The molecule has 29 heavy (non-hydrogen) atoms. The Bertz CT molecular complexity index is 898. The number of fused-ring (bicyclic) bond motifs is 5. The highest BCUT2D eigenvalue weighted by Gasteiger charge is 2.59. The first-order chi connectivity index (χ1) is 13.9. The number of imide groups is 1. The maximum Gasteiger partial charge on any atom is 0.347 e. The number of nitrogens with zero attached hydrogens (tertiary/aromatic N) is 2. The smallest absolute Gasteiger partial charge is 0.347 e. The molecule has 152 valence electrons. The zero-order chi connectivity index (χ0) is 20.7. The molecular weight excluding hydrogens is 396 g/mol. The molecular formula is C21H21ClN2O5. The lowest BCUT2D eigenvalue weighted by molar-refractivity contribution is -0.150. The summed E-state index contributed by atoms with van der Waals surface area (Å²) < 4.78 is 10.6. The second-order valence-corrected chi connectivity index (χ2v) is 7.86. The van der Waals surface area contributed by atoms with E-state index in [9.17, 15) is 14.4 Å². The predicted octanol–water partition coefficient (Wildman–Crippen LogP) is 2.81. The van der Waals surface area contributed by atoms with E-state index in [1.807, 2.05) is 12.2 Å². The van der Waals surface area contributed by atoms with Crippen molar-refractivity contribution in [2.75, 3.05) is 6.61 Å². The van der Waals surface area contributed by atoms with Crippen LogP contribution in [0.15, 0.2) is 35.5 Å². The van der Waals surface area contributed by atoms with Gasteiger partial charge in [-0.15, -0.1) is 0 Å². The standard InChI is InChI=1S/C21H21ClN2O5/c1-3-28-21(27)11(2)29-16-7-6-15(22)9-14(16)10-23-24-19(25)17-12-4-5-13(8-12)18(17)20(24)26/h4-7,9-13,17-18H,3,8H2,1-2H3/t11-,12+,13+,17-,18+/m1/s1. The molecule has 2 amide bonds. The van der Waals surface area contributed by atoms with E-state index in [2.05, 4.69) is 5.10 Å². The van der Waals surface area contributed by atoms with Gasteiger partial charge < -0.3 is 9.47 Å². The Kier molecular flexibility index (Phi) is 5.17. The number of esters is 1. The summed E-state index contributed by atoms with van der Waals surface area (Å²) in [7, 11) is 0. The van der Waals surface area contributed by atoms with E-state index in [4.69, 9.17) is 21.1 Å². The lowest BCUT2D eigenvalue weighted by Crippen LogP contribution is -2.28. The number of allylic oxidation sites excluding steroid dienone is 2. The van der Waals surface area contributed by atoms with Crippen LogP contribution in [0.5, 0.6) is 5.75 Å². The second-order valence-electron chi connectivity index (χ2n) is 7.43. The van der Waals surface area contributed by atoms with E-state index >= 15 is 0 Å². The number of ether oxygens (including phenoxy) is 2. The number of benzene rings is 1. The van der Waals surface area contributed by atoms with Gasteiger partial charge in [0, 0.05) is 10.6 Å². The highest BCUT2D eigenvalue weighted by Crippen LogP contribution is 2.52. The van der Waals surface area contributed by atoms with E-state index in [1.165, 1.54) is 6.21 Å². The SMILES string of the molecule is CCOC(=O)[C@@H](C)Oc1ccc(Cl)cc1C=NN1C(=O)[C@@H]2[C@H](C1=O)[C@H]1C=C[C@H]2C1. The van der Waals surface area contributed by atoms with Crippen LogP contribution in [0.25, 0.3) is 0 Å². The van der Waals surface area contributed by atoms with Gasteiger partial charge in [-0.05, 0) is 50.3 Å². The van der Waals surface area contributed by atoms with Crippen molar-refractivity contribution in [1.82, 2.24) is 5.01 Å². The van der Waals surface area contributed by atoms with Gasteiger partial charge in [0.25, 0.3) is 11.8 Å². The first-order valence-electron chi connectivity index (χ1n) is 9.63. The molecule has 1 saturated carbocycles. The molecule has 0 N–H and O–H groups in total. The average Bonchev–Trinajstić information content (AvgIpc) is 3.37. The van der Waals surface area contributed by atoms with Gasteiger partial charge in [0.2, 0.25) is 0 Å². The minimum atomic E-state index is -0.834. The highest BCUT2D eigenvalue weighted by molar-refractivity contribution is 6.31. The molecule has 0 unspecified atom stereocenters. The van der Waals surface area contributed by atoms with Crippen molar-refractivity contribution in [2.24, 2.45) is 28.8 Å². The van der Waals surface area contributed by atoms with Crippen LogP contribution in [0, 0.1) is 23.7 Å². The molecule has 0 spiro atoms. The zero-order valence-corrected chi connectivity index (χ0v) is 16.8. The molecule has 2 fully saturated rings. The third kappa shape index (κ3) is 3.44. The molecule has 2 bridgehead atoms. The summed E-state index contributed by atoms with van der Waals surface area (Å²) in [4.78, 5) is 37.3. The van der Waals surface area contributed by atoms with E-state index in [0.717, 1.165) is 11.4 Å². The number of hydrogen-bond acceptors (Lipinski definition) is 6. The lowest BCUT2D eigenvalue weighted by atomic mass is 9.85. The van der Waals surface area contributed by atoms with E-state index < -0.39 is 12.1 Å². The first-order valence-corrected chi connectivity index (χ1v) is 10.0. The van der Waals surface area contributed by atoms with Crippen molar-refractivity contribution in [2.45, 2.75) is 26.4 Å². The molecule has 1 heterocycles. The van der Waals surface area contributed by atoms with Gasteiger partial charge >= 0.3 is 5.97 Å².